The van der Waals surface area contributed by atoms with E-state index >= 15 is 0 Å². The van der Waals surface area contributed by atoms with Crippen LogP contribution in [-0.2, 0) is 6.54 Å². The Labute approximate surface area is 125 Å². The van der Waals surface area contributed by atoms with Gasteiger partial charge in [0.25, 0.3) is 0 Å². The molecule has 6 nitrogen and oxygen atoms in total. The highest BCUT2D eigenvalue weighted by molar-refractivity contribution is 5.74. The van der Waals surface area contributed by atoms with E-state index in [0.717, 1.165) is 31.7 Å². The average Bonchev–Trinajstić information content (AvgIpc) is 2.52. The zero-order chi connectivity index (χ0) is 15.2. The number of nitrogens with one attached hydrogen (secondary N) is 1. The molecule has 0 radical (unpaired) electrons. The molecule has 0 aliphatic carbocycles. The van der Waals surface area contributed by atoms with Gasteiger partial charge in [-0.1, -0.05) is 12.1 Å². The van der Waals surface area contributed by atoms with E-state index in [1.807, 2.05) is 23.1 Å². The molecule has 1 aromatic carbocycles. The molecule has 1 aliphatic rings. The quantitative estimate of drug-likeness (QED) is 0.905. The molecule has 1 heterocycles. The SMILES string of the molecule is COc1cccc(CNC(=O)N2CCN(C)CC2)c1OC. The van der Waals surface area contributed by atoms with E-state index in [9.17, 15) is 4.79 Å². The molecule has 116 valence electrons. The molecule has 0 aromatic heterocycles. The Morgan fingerprint density at radius 3 is 2.52 bits per heavy atom. The third kappa shape index (κ3) is 3.78. The lowest BCUT2D eigenvalue weighted by molar-refractivity contribution is 0.154. The second-order valence-corrected chi connectivity index (χ2v) is 5.10. The fraction of sp³-hybridized carbons (Fsp3) is 0.533. The zero-order valence-electron chi connectivity index (χ0n) is 12.9. The lowest BCUT2D eigenvalue weighted by Gasteiger charge is -2.32. The van der Waals surface area contributed by atoms with Gasteiger partial charge in [0, 0.05) is 38.3 Å². The van der Waals surface area contributed by atoms with Crippen molar-refractivity contribution in [2.45, 2.75) is 6.54 Å². The molecule has 0 atom stereocenters. The summed E-state index contributed by atoms with van der Waals surface area (Å²) in [5, 5.41) is 2.94. The van der Waals surface area contributed by atoms with Crippen molar-refractivity contribution >= 4 is 6.03 Å². The summed E-state index contributed by atoms with van der Waals surface area (Å²) in [6.07, 6.45) is 0. The van der Waals surface area contributed by atoms with Crippen LogP contribution in [0.1, 0.15) is 5.56 Å². The summed E-state index contributed by atoms with van der Waals surface area (Å²) >= 11 is 0. The topological polar surface area (TPSA) is 54.0 Å². The number of benzene rings is 1. The second kappa shape index (κ2) is 7.17. The molecular weight excluding hydrogens is 270 g/mol. The molecule has 1 fully saturated rings. The molecule has 0 spiro atoms. The third-order valence-corrected chi connectivity index (χ3v) is 3.71. The molecule has 1 saturated heterocycles. The number of methoxy groups -OCH3 is 2. The van der Waals surface area contributed by atoms with Crippen LogP contribution in [0.3, 0.4) is 0 Å². The Hall–Kier alpha value is -1.95. The van der Waals surface area contributed by atoms with Gasteiger partial charge in [0.05, 0.1) is 14.2 Å². The summed E-state index contributed by atoms with van der Waals surface area (Å²) in [5.41, 5.74) is 0.902. The standard InChI is InChI=1S/C15H23N3O3/c1-17-7-9-18(10-8-17)15(19)16-11-12-5-4-6-13(20-2)14(12)21-3/h4-6H,7-11H2,1-3H3,(H,16,19). The van der Waals surface area contributed by atoms with Crippen LogP contribution in [0.25, 0.3) is 0 Å². The van der Waals surface area contributed by atoms with E-state index in [1.54, 1.807) is 14.2 Å². The number of urea groups is 1. The van der Waals surface area contributed by atoms with Crippen molar-refractivity contribution in [3.8, 4) is 11.5 Å². The van der Waals surface area contributed by atoms with Crippen molar-refractivity contribution in [3.63, 3.8) is 0 Å². The van der Waals surface area contributed by atoms with Crippen LogP contribution in [0.2, 0.25) is 0 Å². The van der Waals surface area contributed by atoms with Crippen molar-refractivity contribution in [2.75, 3.05) is 47.4 Å². The molecule has 1 aliphatic heterocycles. The number of amides is 2. The molecule has 0 saturated carbocycles. The maximum absolute atomic E-state index is 12.2. The van der Waals surface area contributed by atoms with Gasteiger partial charge >= 0.3 is 6.03 Å². The number of piperazine rings is 1. The van der Waals surface area contributed by atoms with Gasteiger partial charge < -0.3 is 24.6 Å². The predicted octanol–water partition coefficient (Wildman–Crippen LogP) is 1.16. The van der Waals surface area contributed by atoms with Crippen LogP contribution < -0.4 is 14.8 Å². The van der Waals surface area contributed by atoms with Gasteiger partial charge in [0.1, 0.15) is 0 Å². The maximum atomic E-state index is 12.2. The summed E-state index contributed by atoms with van der Waals surface area (Å²) in [4.78, 5) is 16.2. The van der Waals surface area contributed by atoms with E-state index in [4.69, 9.17) is 9.47 Å². The molecule has 6 heteroatoms. The Balaban J connectivity index is 1.95. The van der Waals surface area contributed by atoms with E-state index in [-0.39, 0.29) is 6.03 Å². The molecular formula is C15H23N3O3. The Morgan fingerprint density at radius 2 is 1.90 bits per heavy atom. The summed E-state index contributed by atoms with van der Waals surface area (Å²) in [6.45, 7) is 3.77. The molecule has 0 bridgehead atoms. The van der Waals surface area contributed by atoms with Crippen LogP contribution in [0.4, 0.5) is 4.79 Å². The fourth-order valence-corrected chi connectivity index (χ4v) is 2.39. The molecule has 0 unspecified atom stereocenters. The first kappa shape index (κ1) is 15.4. The average molecular weight is 293 g/mol. The van der Waals surface area contributed by atoms with E-state index in [2.05, 4.69) is 17.3 Å². The van der Waals surface area contributed by atoms with Crippen molar-refractivity contribution in [3.05, 3.63) is 23.8 Å². The zero-order valence-corrected chi connectivity index (χ0v) is 12.9. The van der Waals surface area contributed by atoms with Crippen molar-refractivity contribution in [2.24, 2.45) is 0 Å². The first-order valence-corrected chi connectivity index (χ1v) is 7.07. The lowest BCUT2D eigenvalue weighted by Crippen LogP contribution is -2.50. The lowest BCUT2D eigenvalue weighted by atomic mass is 10.2. The number of rotatable bonds is 4. The number of likely N-dealkylation sites (N-methyl/N-ethyl adjacent to an activating group) is 1. The number of ether oxygens (including phenoxy) is 2. The second-order valence-electron chi connectivity index (χ2n) is 5.10. The van der Waals surface area contributed by atoms with Gasteiger partial charge in [-0.05, 0) is 13.1 Å². The molecule has 2 amide bonds. The summed E-state index contributed by atoms with van der Waals surface area (Å²) < 4.78 is 10.6. The minimum absolute atomic E-state index is 0.0343. The van der Waals surface area contributed by atoms with Crippen LogP contribution in [0.5, 0.6) is 11.5 Å². The number of hydrogen-bond donors (Lipinski definition) is 1. The van der Waals surface area contributed by atoms with Crippen molar-refractivity contribution < 1.29 is 14.3 Å². The van der Waals surface area contributed by atoms with Gasteiger partial charge in [-0.15, -0.1) is 0 Å². The van der Waals surface area contributed by atoms with Crippen LogP contribution in [0.15, 0.2) is 18.2 Å². The highest BCUT2D eigenvalue weighted by Crippen LogP contribution is 2.30. The summed E-state index contributed by atoms with van der Waals surface area (Å²) in [6, 6.07) is 5.61. The first-order chi connectivity index (χ1) is 10.2. The molecule has 2 rings (SSSR count). The van der Waals surface area contributed by atoms with Crippen molar-refractivity contribution in [1.82, 2.24) is 15.1 Å². The largest absolute Gasteiger partial charge is 0.493 e. The summed E-state index contributed by atoms with van der Waals surface area (Å²) in [7, 11) is 5.27. The fourth-order valence-electron chi connectivity index (χ4n) is 2.39. The highest BCUT2D eigenvalue weighted by atomic mass is 16.5. The predicted molar refractivity (Wildman–Crippen MR) is 80.9 cm³/mol. The van der Waals surface area contributed by atoms with Crippen LogP contribution in [-0.4, -0.2) is 63.3 Å². The Bertz CT molecular complexity index is 485. The van der Waals surface area contributed by atoms with Gasteiger partial charge in [-0.3, -0.25) is 0 Å². The van der Waals surface area contributed by atoms with E-state index < -0.39 is 0 Å². The van der Waals surface area contributed by atoms with Gasteiger partial charge in [0.2, 0.25) is 0 Å². The number of carbonyl (C=O) groups excluding carboxylic acids is 1. The van der Waals surface area contributed by atoms with Crippen molar-refractivity contribution in [1.29, 1.82) is 0 Å². The monoisotopic (exact) mass is 293 g/mol. The van der Waals surface area contributed by atoms with E-state index in [1.165, 1.54) is 0 Å². The van der Waals surface area contributed by atoms with Gasteiger partial charge in [-0.25, -0.2) is 4.79 Å². The smallest absolute Gasteiger partial charge is 0.317 e. The minimum atomic E-state index is -0.0343. The molecule has 1 aromatic rings. The Kier molecular flexibility index (Phi) is 5.27. The minimum Gasteiger partial charge on any atom is -0.493 e. The number of nitrogens with zero attached hydrogens (tertiary/aromatic N) is 2. The normalized spacial score (nSPS) is 15.7. The molecule has 1 N–H and O–H groups in total. The van der Waals surface area contributed by atoms with Crippen LogP contribution >= 0.6 is 0 Å². The maximum Gasteiger partial charge on any atom is 0.317 e. The highest BCUT2D eigenvalue weighted by Gasteiger charge is 2.19. The number of carbonyl (C=O) groups is 1. The first-order valence-electron chi connectivity index (χ1n) is 7.07. The Morgan fingerprint density at radius 1 is 1.19 bits per heavy atom. The van der Waals surface area contributed by atoms with Gasteiger partial charge in [-0.2, -0.15) is 0 Å². The van der Waals surface area contributed by atoms with E-state index in [0.29, 0.717) is 18.0 Å². The number of para-hydroxylation sites is 1. The molecule has 21 heavy (non-hydrogen) atoms. The van der Waals surface area contributed by atoms with Crippen LogP contribution in [0, 0.1) is 0 Å². The third-order valence-electron chi connectivity index (χ3n) is 3.71. The van der Waals surface area contributed by atoms with Gasteiger partial charge in [0.15, 0.2) is 11.5 Å². The summed E-state index contributed by atoms with van der Waals surface area (Å²) in [5.74, 6) is 1.34. The number of hydrogen-bond acceptors (Lipinski definition) is 4.